The van der Waals surface area contributed by atoms with Crippen LogP contribution in [0.5, 0.6) is 0 Å². The number of carbonyl (C=O) groups is 2. The molecule has 0 aromatic heterocycles. The molecule has 3 aliphatic heterocycles. The van der Waals surface area contributed by atoms with Crippen LogP contribution in [-0.2, 0) is 14.4 Å². The molecule has 0 bridgehead atoms. The summed E-state index contributed by atoms with van der Waals surface area (Å²) in [5, 5.41) is 5.25. The summed E-state index contributed by atoms with van der Waals surface area (Å²) < 4.78 is 4.68. The summed E-state index contributed by atoms with van der Waals surface area (Å²) in [5.74, 6) is 0.448. The minimum atomic E-state index is -0.205. The number of piperazine rings is 1. The average molecular weight is 469 g/mol. The average Bonchev–Trinajstić information content (AvgIpc) is 2.75. The first-order valence-electron chi connectivity index (χ1n) is 10.9. The van der Waals surface area contributed by atoms with E-state index in [1.165, 1.54) is 20.0 Å². The summed E-state index contributed by atoms with van der Waals surface area (Å²) in [5.41, 5.74) is 0. The first kappa shape index (κ1) is 27.2. The number of amides is 1. The second-order valence-electron chi connectivity index (χ2n) is 8.20. The lowest BCUT2D eigenvalue weighted by molar-refractivity contribution is -0.140. The molecule has 0 aliphatic carbocycles. The molecular weight excluding hydrogens is 431 g/mol. The number of esters is 1. The highest BCUT2D eigenvalue weighted by atomic mass is 35.5. The number of hydroxylamine groups is 2. The van der Waals surface area contributed by atoms with Gasteiger partial charge in [-0.15, -0.1) is 29.9 Å². The van der Waals surface area contributed by atoms with Gasteiger partial charge in [-0.05, 0) is 57.5 Å². The van der Waals surface area contributed by atoms with E-state index >= 15 is 0 Å². The fourth-order valence-corrected chi connectivity index (χ4v) is 4.54. The van der Waals surface area contributed by atoms with Crippen LogP contribution in [0.15, 0.2) is 0 Å². The maximum atomic E-state index is 12.5. The van der Waals surface area contributed by atoms with Crippen molar-refractivity contribution in [2.45, 2.75) is 51.0 Å². The van der Waals surface area contributed by atoms with E-state index in [2.05, 4.69) is 15.0 Å². The van der Waals surface area contributed by atoms with Crippen LogP contribution >= 0.6 is 24.8 Å². The molecule has 3 fully saturated rings. The van der Waals surface area contributed by atoms with E-state index in [4.69, 9.17) is 4.84 Å². The second kappa shape index (κ2) is 14.3. The molecule has 176 valence electrons. The van der Waals surface area contributed by atoms with Crippen LogP contribution < -0.4 is 5.32 Å². The smallest absolute Gasteiger partial charge is 0.428 e. The summed E-state index contributed by atoms with van der Waals surface area (Å²) in [7, 11) is 1.43. The molecule has 0 spiro atoms. The maximum Gasteiger partial charge on any atom is 0.428 e. The maximum absolute atomic E-state index is 12.5. The summed E-state index contributed by atoms with van der Waals surface area (Å²) in [6.07, 6.45) is 6.58. The van der Waals surface area contributed by atoms with Gasteiger partial charge in [-0.1, -0.05) is 0 Å². The van der Waals surface area contributed by atoms with Gasteiger partial charge in [0.05, 0.1) is 7.11 Å². The van der Waals surface area contributed by atoms with Gasteiger partial charge in [0, 0.05) is 51.7 Å². The normalized spacial score (nSPS) is 22.0. The lowest BCUT2D eigenvalue weighted by Gasteiger charge is -2.40. The van der Waals surface area contributed by atoms with Crippen LogP contribution in [0.3, 0.4) is 0 Å². The van der Waals surface area contributed by atoms with Crippen molar-refractivity contribution in [1.29, 1.82) is 0 Å². The van der Waals surface area contributed by atoms with Crippen LogP contribution in [-0.4, -0.2) is 92.4 Å². The number of methoxy groups -OCH3 is 1. The van der Waals surface area contributed by atoms with Crippen molar-refractivity contribution in [2.75, 3.05) is 59.5 Å². The summed E-state index contributed by atoms with van der Waals surface area (Å²) in [6, 6.07) is 0.678. The van der Waals surface area contributed by atoms with Crippen molar-refractivity contribution < 1.29 is 19.2 Å². The van der Waals surface area contributed by atoms with Crippen molar-refractivity contribution in [3.63, 3.8) is 0 Å². The van der Waals surface area contributed by atoms with Gasteiger partial charge in [0.1, 0.15) is 0 Å². The Labute approximate surface area is 192 Å². The van der Waals surface area contributed by atoms with E-state index in [1.54, 1.807) is 0 Å². The topological polar surface area (TPSA) is 74.4 Å². The predicted octanol–water partition coefficient (Wildman–Crippen LogP) is 2.31. The van der Waals surface area contributed by atoms with Gasteiger partial charge in [-0.3, -0.25) is 9.69 Å². The number of ether oxygens (including phenoxy) is 1. The Balaban J connectivity index is 0.00000225. The molecule has 30 heavy (non-hydrogen) atoms. The highest BCUT2D eigenvalue weighted by molar-refractivity contribution is 5.85. The van der Waals surface area contributed by atoms with E-state index in [1.807, 2.05) is 9.96 Å². The van der Waals surface area contributed by atoms with Crippen LogP contribution in [0.25, 0.3) is 0 Å². The van der Waals surface area contributed by atoms with Crippen molar-refractivity contribution in [1.82, 2.24) is 20.2 Å². The predicted molar refractivity (Wildman–Crippen MR) is 120 cm³/mol. The van der Waals surface area contributed by atoms with Crippen LogP contribution in [0, 0.1) is 5.92 Å². The molecule has 8 nitrogen and oxygen atoms in total. The Kier molecular flexibility index (Phi) is 13.0. The highest BCUT2D eigenvalue weighted by Gasteiger charge is 2.29. The molecule has 0 aromatic carbocycles. The van der Waals surface area contributed by atoms with Gasteiger partial charge in [0.15, 0.2) is 0 Å². The SMILES string of the molecule is COC(=O)CCCC1CCN(C(=O)ON2CCN(C3CCNCC3)CC2)CC1.Cl.Cl. The Hall–Kier alpha value is -0.800. The number of nitrogens with zero attached hydrogens (tertiary/aromatic N) is 3. The number of likely N-dealkylation sites (tertiary alicyclic amines) is 1. The number of rotatable bonds is 6. The molecule has 3 aliphatic rings. The molecule has 1 N–H and O–H groups in total. The van der Waals surface area contributed by atoms with Crippen molar-refractivity contribution >= 4 is 36.9 Å². The monoisotopic (exact) mass is 468 g/mol. The van der Waals surface area contributed by atoms with Gasteiger partial charge >= 0.3 is 12.1 Å². The first-order chi connectivity index (χ1) is 13.7. The second-order valence-corrected chi connectivity index (χ2v) is 8.20. The Bertz CT molecular complexity index is 507. The van der Waals surface area contributed by atoms with Gasteiger partial charge in [0.25, 0.3) is 0 Å². The molecule has 0 unspecified atom stereocenters. The molecule has 10 heteroatoms. The summed E-state index contributed by atoms with van der Waals surface area (Å²) in [6.45, 7) is 7.24. The van der Waals surface area contributed by atoms with Crippen molar-refractivity contribution in [3.8, 4) is 0 Å². The minimum absolute atomic E-state index is 0. The van der Waals surface area contributed by atoms with E-state index < -0.39 is 0 Å². The van der Waals surface area contributed by atoms with E-state index in [-0.39, 0.29) is 36.9 Å². The van der Waals surface area contributed by atoms with Gasteiger partial charge in [-0.2, -0.15) is 0 Å². The highest BCUT2D eigenvalue weighted by Crippen LogP contribution is 2.23. The van der Waals surface area contributed by atoms with E-state index in [0.717, 1.165) is 78.0 Å². The fraction of sp³-hybridized carbons (Fsp3) is 0.900. The standard InChI is InChI=1S/C20H36N4O4.2ClH/c1-27-19(25)4-2-3-17-7-11-23(12-8-17)20(26)28-24-15-13-22(14-16-24)18-5-9-21-10-6-18;;/h17-18,21H,2-16H2,1H3;2*1H. The molecule has 0 aromatic rings. The lowest BCUT2D eigenvalue weighted by atomic mass is 9.92. The first-order valence-corrected chi connectivity index (χ1v) is 10.9. The number of nitrogens with one attached hydrogen (secondary N) is 1. The molecule has 1 amide bonds. The zero-order valence-corrected chi connectivity index (χ0v) is 19.7. The third-order valence-electron chi connectivity index (χ3n) is 6.40. The van der Waals surface area contributed by atoms with Gasteiger partial charge in [-0.25, -0.2) is 4.79 Å². The van der Waals surface area contributed by atoms with Crippen LogP contribution in [0.2, 0.25) is 0 Å². The van der Waals surface area contributed by atoms with Gasteiger partial charge < -0.3 is 19.8 Å². The van der Waals surface area contributed by atoms with E-state index in [9.17, 15) is 9.59 Å². The molecule has 3 rings (SSSR count). The largest absolute Gasteiger partial charge is 0.469 e. The lowest BCUT2D eigenvalue weighted by Crippen LogP contribution is -2.53. The van der Waals surface area contributed by atoms with Crippen LogP contribution in [0.1, 0.15) is 44.9 Å². The number of hydrogen-bond donors (Lipinski definition) is 1. The number of hydrogen-bond acceptors (Lipinski definition) is 7. The number of halogens is 2. The van der Waals surface area contributed by atoms with Crippen molar-refractivity contribution in [2.24, 2.45) is 5.92 Å². The minimum Gasteiger partial charge on any atom is -0.469 e. The Morgan fingerprint density at radius 2 is 1.57 bits per heavy atom. The number of carbonyl (C=O) groups excluding carboxylic acids is 2. The fourth-order valence-electron chi connectivity index (χ4n) is 4.54. The van der Waals surface area contributed by atoms with E-state index in [0.29, 0.717) is 18.4 Å². The quantitative estimate of drug-likeness (QED) is 0.599. The molecular formula is C20H38Cl2N4O4. The third kappa shape index (κ3) is 8.38. The van der Waals surface area contributed by atoms with Gasteiger partial charge in [0.2, 0.25) is 0 Å². The Morgan fingerprint density at radius 1 is 0.933 bits per heavy atom. The Morgan fingerprint density at radius 3 is 2.17 bits per heavy atom. The molecule has 0 saturated carbocycles. The van der Waals surface area contributed by atoms with Crippen molar-refractivity contribution in [3.05, 3.63) is 0 Å². The molecule has 0 radical (unpaired) electrons. The molecule has 3 heterocycles. The zero-order valence-electron chi connectivity index (χ0n) is 18.1. The molecule has 3 saturated heterocycles. The number of piperidine rings is 2. The zero-order chi connectivity index (χ0) is 19.8. The third-order valence-corrected chi connectivity index (χ3v) is 6.40. The summed E-state index contributed by atoms with van der Waals surface area (Å²) in [4.78, 5) is 33.7. The summed E-state index contributed by atoms with van der Waals surface area (Å²) >= 11 is 0. The van der Waals surface area contributed by atoms with Crippen LogP contribution in [0.4, 0.5) is 4.79 Å². The molecule has 0 atom stereocenters.